The van der Waals surface area contributed by atoms with Gasteiger partial charge in [0, 0.05) is 31.9 Å². The molecule has 0 bridgehead atoms. The van der Waals surface area contributed by atoms with Crippen molar-refractivity contribution in [3.05, 3.63) is 18.2 Å². The van der Waals surface area contributed by atoms with Gasteiger partial charge in [-0.3, -0.25) is 0 Å². The SMILES string of the molecule is CCc1nccn1CC1CN(C)CCO1. The number of aryl methyl sites for hydroxylation is 1. The number of hydrogen-bond donors (Lipinski definition) is 0. The molecule has 0 radical (unpaired) electrons. The smallest absolute Gasteiger partial charge is 0.108 e. The van der Waals surface area contributed by atoms with Gasteiger partial charge in [0.05, 0.1) is 19.3 Å². The van der Waals surface area contributed by atoms with Crippen molar-refractivity contribution >= 4 is 0 Å². The maximum Gasteiger partial charge on any atom is 0.108 e. The number of hydrogen-bond acceptors (Lipinski definition) is 3. The largest absolute Gasteiger partial charge is 0.374 e. The number of nitrogens with zero attached hydrogens (tertiary/aromatic N) is 3. The highest BCUT2D eigenvalue weighted by atomic mass is 16.5. The summed E-state index contributed by atoms with van der Waals surface area (Å²) >= 11 is 0. The van der Waals surface area contributed by atoms with Gasteiger partial charge >= 0.3 is 0 Å². The third-order valence-corrected chi connectivity index (χ3v) is 2.86. The number of rotatable bonds is 3. The van der Waals surface area contributed by atoms with Crippen molar-refractivity contribution in [3.63, 3.8) is 0 Å². The monoisotopic (exact) mass is 209 g/mol. The molecule has 4 nitrogen and oxygen atoms in total. The summed E-state index contributed by atoms with van der Waals surface area (Å²) in [6, 6.07) is 0. The fourth-order valence-electron chi connectivity index (χ4n) is 2.02. The molecule has 1 fully saturated rings. The van der Waals surface area contributed by atoms with Crippen LogP contribution in [0.4, 0.5) is 0 Å². The van der Waals surface area contributed by atoms with Crippen LogP contribution in [0.3, 0.4) is 0 Å². The molecule has 1 aliphatic rings. The van der Waals surface area contributed by atoms with Crippen molar-refractivity contribution in [2.75, 3.05) is 26.7 Å². The second-order valence-corrected chi connectivity index (χ2v) is 4.10. The number of aromatic nitrogens is 2. The van der Waals surface area contributed by atoms with Gasteiger partial charge in [0.25, 0.3) is 0 Å². The summed E-state index contributed by atoms with van der Waals surface area (Å²) in [6.07, 6.45) is 5.20. The Morgan fingerprint density at radius 1 is 1.60 bits per heavy atom. The fourth-order valence-corrected chi connectivity index (χ4v) is 2.02. The lowest BCUT2D eigenvalue weighted by Crippen LogP contribution is -2.42. The number of likely N-dealkylation sites (N-methyl/N-ethyl adjacent to an activating group) is 1. The van der Waals surface area contributed by atoms with Gasteiger partial charge in [-0.2, -0.15) is 0 Å². The molecule has 1 atom stereocenters. The zero-order valence-electron chi connectivity index (χ0n) is 9.52. The molecule has 2 heterocycles. The van der Waals surface area contributed by atoms with Gasteiger partial charge in [0.2, 0.25) is 0 Å². The second-order valence-electron chi connectivity index (χ2n) is 4.10. The zero-order valence-corrected chi connectivity index (χ0v) is 9.52. The standard InChI is InChI=1S/C11H19N3O/c1-3-11-12-4-5-14(11)9-10-8-13(2)6-7-15-10/h4-5,10H,3,6-9H2,1-2H3. The summed E-state index contributed by atoms with van der Waals surface area (Å²) in [4.78, 5) is 6.63. The molecule has 84 valence electrons. The summed E-state index contributed by atoms with van der Waals surface area (Å²) in [5.41, 5.74) is 0. The predicted molar refractivity (Wildman–Crippen MR) is 58.8 cm³/mol. The molecule has 0 aromatic carbocycles. The van der Waals surface area contributed by atoms with E-state index in [4.69, 9.17) is 4.74 Å². The lowest BCUT2D eigenvalue weighted by atomic mass is 10.2. The van der Waals surface area contributed by atoms with E-state index in [1.807, 2.05) is 12.4 Å². The molecule has 0 spiro atoms. The summed E-state index contributed by atoms with van der Waals surface area (Å²) in [7, 11) is 2.14. The highest BCUT2D eigenvalue weighted by Crippen LogP contribution is 2.08. The number of ether oxygens (including phenoxy) is 1. The minimum absolute atomic E-state index is 0.309. The van der Waals surface area contributed by atoms with E-state index in [-0.39, 0.29) is 0 Å². The van der Waals surface area contributed by atoms with Gasteiger partial charge in [-0.25, -0.2) is 4.98 Å². The molecular weight excluding hydrogens is 190 g/mol. The van der Waals surface area contributed by atoms with Gasteiger partial charge < -0.3 is 14.2 Å². The van der Waals surface area contributed by atoms with Crippen molar-refractivity contribution in [2.45, 2.75) is 26.0 Å². The van der Waals surface area contributed by atoms with Gasteiger partial charge in [-0.15, -0.1) is 0 Å². The van der Waals surface area contributed by atoms with Crippen molar-refractivity contribution < 1.29 is 4.74 Å². The first kappa shape index (κ1) is 10.6. The minimum Gasteiger partial charge on any atom is -0.374 e. The van der Waals surface area contributed by atoms with Crippen LogP contribution in [-0.4, -0.2) is 47.3 Å². The van der Waals surface area contributed by atoms with Gasteiger partial charge in [0.15, 0.2) is 0 Å². The summed E-state index contributed by atoms with van der Waals surface area (Å²) in [6.45, 7) is 5.96. The van der Waals surface area contributed by atoms with E-state index in [0.717, 1.165) is 38.5 Å². The first-order valence-electron chi connectivity index (χ1n) is 5.59. The Morgan fingerprint density at radius 2 is 2.47 bits per heavy atom. The Morgan fingerprint density at radius 3 is 3.20 bits per heavy atom. The molecule has 0 saturated carbocycles. The molecule has 1 aliphatic heterocycles. The fraction of sp³-hybridized carbons (Fsp3) is 0.727. The minimum atomic E-state index is 0.309. The third kappa shape index (κ3) is 2.58. The lowest BCUT2D eigenvalue weighted by Gasteiger charge is -2.30. The number of imidazole rings is 1. The van der Waals surface area contributed by atoms with E-state index in [2.05, 4.69) is 28.4 Å². The molecule has 1 aromatic heterocycles. The normalized spacial score (nSPS) is 23.2. The average Bonchev–Trinajstić information content (AvgIpc) is 2.65. The van der Waals surface area contributed by atoms with Crippen LogP contribution < -0.4 is 0 Å². The molecule has 1 saturated heterocycles. The van der Waals surface area contributed by atoms with Crippen LogP contribution in [0.2, 0.25) is 0 Å². The Hall–Kier alpha value is -0.870. The topological polar surface area (TPSA) is 30.3 Å². The highest BCUT2D eigenvalue weighted by molar-refractivity contribution is 4.92. The zero-order chi connectivity index (χ0) is 10.7. The Labute approximate surface area is 90.9 Å². The van der Waals surface area contributed by atoms with E-state index in [1.165, 1.54) is 0 Å². The first-order valence-corrected chi connectivity index (χ1v) is 5.59. The van der Waals surface area contributed by atoms with E-state index < -0.39 is 0 Å². The van der Waals surface area contributed by atoms with E-state index in [0.29, 0.717) is 6.10 Å². The van der Waals surface area contributed by atoms with Crippen molar-refractivity contribution in [2.24, 2.45) is 0 Å². The molecule has 1 unspecified atom stereocenters. The van der Waals surface area contributed by atoms with Crippen LogP contribution in [0.15, 0.2) is 12.4 Å². The summed E-state index contributed by atoms with van der Waals surface area (Å²) in [5, 5.41) is 0. The summed E-state index contributed by atoms with van der Waals surface area (Å²) < 4.78 is 7.93. The predicted octanol–water partition coefficient (Wildman–Crippen LogP) is 0.776. The molecule has 15 heavy (non-hydrogen) atoms. The number of morpholine rings is 1. The van der Waals surface area contributed by atoms with Crippen LogP contribution in [0.1, 0.15) is 12.7 Å². The molecule has 0 amide bonds. The average molecular weight is 209 g/mol. The van der Waals surface area contributed by atoms with Crippen molar-refractivity contribution in [3.8, 4) is 0 Å². The van der Waals surface area contributed by atoms with Crippen LogP contribution in [0.5, 0.6) is 0 Å². The van der Waals surface area contributed by atoms with Crippen LogP contribution in [0, 0.1) is 0 Å². The Bertz CT molecular complexity index is 311. The highest BCUT2D eigenvalue weighted by Gasteiger charge is 2.18. The Kier molecular flexibility index (Phi) is 3.38. The molecular formula is C11H19N3O. The van der Waals surface area contributed by atoms with Crippen LogP contribution in [-0.2, 0) is 17.7 Å². The van der Waals surface area contributed by atoms with Crippen LogP contribution in [0.25, 0.3) is 0 Å². The molecule has 2 rings (SSSR count). The van der Waals surface area contributed by atoms with Crippen molar-refractivity contribution in [1.82, 2.24) is 14.5 Å². The molecule has 0 aliphatic carbocycles. The lowest BCUT2D eigenvalue weighted by molar-refractivity contribution is -0.0277. The van der Waals surface area contributed by atoms with Gasteiger partial charge in [-0.05, 0) is 7.05 Å². The second kappa shape index (κ2) is 4.77. The van der Waals surface area contributed by atoms with Gasteiger partial charge in [-0.1, -0.05) is 6.92 Å². The first-order chi connectivity index (χ1) is 7.29. The van der Waals surface area contributed by atoms with Crippen LogP contribution >= 0.6 is 0 Å². The van der Waals surface area contributed by atoms with E-state index in [1.54, 1.807) is 0 Å². The summed E-state index contributed by atoms with van der Waals surface area (Å²) in [5.74, 6) is 1.15. The van der Waals surface area contributed by atoms with Crippen molar-refractivity contribution in [1.29, 1.82) is 0 Å². The quantitative estimate of drug-likeness (QED) is 0.737. The third-order valence-electron chi connectivity index (χ3n) is 2.86. The maximum atomic E-state index is 5.73. The van der Waals surface area contributed by atoms with Gasteiger partial charge in [0.1, 0.15) is 5.82 Å². The molecule has 0 N–H and O–H groups in total. The molecule has 4 heteroatoms. The van der Waals surface area contributed by atoms with E-state index in [9.17, 15) is 0 Å². The van der Waals surface area contributed by atoms with E-state index >= 15 is 0 Å². The maximum absolute atomic E-state index is 5.73. The Balaban J connectivity index is 1.96. The molecule has 1 aromatic rings.